The Labute approximate surface area is 127 Å². The molecule has 0 radical (unpaired) electrons. The largest absolute Gasteiger partial charge is 0.489 e. The minimum Gasteiger partial charge on any atom is -0.489 e. The summed E-state index contributed by atoms with van der Waals surface area (Å²) >= 11 is 0. The Morgan fingerprint density at radius 3 is 2.14 bits per heavy atom. The fraction of sp³-hybridized carbons (Fsp3) is 0.588. The van der Waals surface area contributed by atoms with Gasteiger partial charge in [0, 0.05) is 6.42 Å². The third-order valence-electron chi connectivity index (χ3n) is 2.78. The molecule has 118 valence electrons. The van der Waals surface area contributed by atoms with E-state index in [-0.39, 0.29) is 6.42 Å². The van der Waals surface area contributed by atoms with Gasteiger partial charge < -0.3 is 14.6 Å². The summed E-state index contributed by atoms with van der Waals surface area (Å²) in [5.74, 6) is 1.50. The van der Waals surface area contributed by atoms with Crippen molar-refractivity contribution < 1.29 is 19.4 Å². The lowest BCUT2D eigenvalue weighted by Gasteiger charge is -2.16. The first-order chi connectivity index (χ1) is 9.88. The van der Waals surface area contributed by atoms with Gasteiger partial charge in [-0.25, -0.2) is 0 Å². The van der Waals surface area contributed by atoms with Crippen molar-refractivity contribution in [3.8, 4) is 11.5 Å². The highest BCUT2D eigenvalue weighted by atomic mass is 16.5. The fourth-order valence-electron chi connectivity index (χ4n) is 1.70. The number of carbonyl (C=O) groups is 1. The first kappa shape index (κ1) is 17.3. The molecule has 4 nitrogen and oxygen atoms in total. The van der Waals surface area contributed by atoms with Crippen LogP contribution in [0.5, 0.6) is 11.5 Å². The highest BCUT2D eigenvalue weighted by Crippen LogP contribution is 2.29. The molecule has 0 saturated heterocycles. The zero-order valence-corrected chi connectivity index (χ0v) is 13.4. The summed E-state index contributed by atoms with van der Waals surface area (Å²) in [5, 5.41) is 8.76. The van der Waals surface area contributed by atoms with E-state index >= 15 is 0 Å². The van der Waals surface area contributed by atoms with Crippen LogP contribution in [0.15, 0.2) is 18.2 Å². The maximum atomic E-state index is 10.7. The Hall–Kier alpha value is -1.71. The zero-order valence-electron chi connectivity index (χ0n) is 13.4. The Balaban J connectivity index is 2.82. The topological polar surface area (TPSA) is 55.8 Å². The van der Waals surface area contributed by atoms with Crippen molar-refractivity contribution in [3.63, 3.8) is 0 Å². The fourth-order valence-corrected chi connectivity index (χ4v) is 1.70. The van der Waals surface area contributed by atoms with Crippen molar-refractivity contribution in [2.45, 2.75) is 40.5 Å². The summed E-state index contributed by atoms with van der Waals surface area (Å²) in [7, 11) is 0. The number of aryl methyl sites for hydroxylation is 1. The smallest absolute Gasteiger partial charge is 0.303 e. The maximum Gasteiger partial charge on any atom is 0.303 e. The lowest BCUT2D eigenvalue weighted by molar-refractivity contribution is -0.136. The molecule has 0 bridgehead atoms. The number of benzene rings is 1. The number of carboxylic acid groups (broad SMARTS) is 1. The molecule has 0 aromatic heterocycles. The van der Waals surface area contributed by atoms with Gasteiger partial charge in [-0.2, -0.15) is 0 Å². The molecule has 0 amide bonds. The Morgan fingerprint density at radius 2 is 1.62 bits per heavy atom. The van der Waals surface area contributed by atoms with Gasteiger partial charge in [0.15, 0.2) is 11.5 Å². The molecule has 0 heterocycles. The summed E-state index contributed by atoms with van der Waals surface area (Å²) in [4.78, 5) is 10.7. The van der Waals surface area contributed by atoms with E-state index in [1.807, 2.05) is 18.2 Å². The number of rotatable bonds is 9. The number of hydrogen-bond donors (Lipinski definition) is 1. The maximum absolute atomic E-state index is 10.7. The molecule has 0 aliphatic rings. The van der Waals surface area contributed by atoms with Gasteiger partial charge in [0.2, 0.25) is 0 Å². The Morgan fingerprint density at radius 1 is 1.05 bits per heavy atom. The van der Waals surface area contributed by atoms with E-state index in [2.05, 4.69) is 27.7 Å². The van der Waals surface area contributed by atoms with E-state index in [1.54, 1.807) is 0 Å². The van der Waals surface area contributed by atoms with Crippen molar-refractivity contribution in [2.75, 3.05) is 13.2 Å². The van der Waals surface area contributed by atoms with Gasteiger partial charge in [-0.1, -0.05) is 33.8 Å². The van der Waals surface area contributed by atoms with Gasteiger partial charge in [-0.15, -0.1) is 0 Å². The molecule has 1 aromatic rings. The quantitative estimate of drug-likeness (QED) is 0.753. The van der Waals surface area contributed by atoms with Gasteiger partial charge >= 0.3 is 5.97 Å². The molecule has 0 aliphatic carbocycles. The average molecular weight is 294 g/mol. The Bertz CT molecular complexity index is 452. The lowest BCUT2D eigenvalue weighted by Crippen LogP contribution is -2.09. The molecule has 21 heavy (non-hydrogen) atoms. The highest BCUT2D eigenvalue weighted by Gasteiger charge is 2.10. The first-order valence-corrected chi connectivity index (χ1v) is 7.48. The van der Waals surface area contributed by atoms with Crippen LogP contribution in [-0.2, 0) is 11.2 Å². The minimum absolute atomic E-state index is 0.121. The van der Waals surface area contributed by atoms with E-state index in [0.717, 1.165) is 11.3 Å². The van der Waals surface area contributed by atoms with Crippen LogP contribution in [0.3, 0.4) is 0 Å². The van der Waals surface area contributed by atoms with E-state index in [0.29, 0.717) is 37.2 Å². The second-order valence-corrected chi connectivity index (χ2v) is 6.08. The minimum atomic E-state index is -0.792. The van der Waals surface area contributed by atoms with Crippen LogP contribution in [-0.4, -0.2) is 24.3 Å². The van der Waals surface area contributed by atoms with E-state index in [1.165, 1.54) is 0 Å². The normalized spacial score (nSPS) is 11.0. The predicted molar refractivity (Wildman–Crippen MR) is 83.1 cm³/mol. The lowest BCUT2D eigenvalue weighted by atomic mass is 10.1. The molecule has 0 unspecified atom stereocenters. The molecule has 0 saturated carbocycles. The van der Waals surface area contributed by atoms with Gasteiger partial charge in [0.1, 0.15) is 0 Å². The van der Waals surface area contributed by atoms with Crippen LogP contribution in [0.4, 0.5) is 0 Å². The van der Waals surface area contributed by atoms with Gasteiger partial charge in [-0.05, 0) is 36.0 Å². The van der Waals surface area contributed by atoms with Crippen molar-refractivity contribution in [1.82, 2.24) is 0 Å². The number of carboxylic acids is 1. The van der Waals surface area contributed by atoms with Crippen molar-refractivity contribution in [3.05, 3.63) is 23.8 Å². The molecule has 4 heteroatoms. The standard InChI is InChI=1S/C17H26O4/c1-12(2)10-20-15-7-5-14(6-8-17(18)19)9-16(15)21-11-13(3)4/h5,7,9,12-13H,6,8,10-11H2,1-4H3,(H,18,19). The molecule has 1 aromatic carbocycles. The SMILES string of the molecule is CC(C)COc1ccc(CCC(=O)O)cc1OCC(C)C. The molecule has 0 fully saturated rings. The Kier molecular flexibility index (Phi) is 7.06. The number of hydrogen-bond acceptors (Lipinski definition) is 3. The first-order valence-electron chi connectivity index (χ1n) is 7.48. The third-order valence-corrected chi connectivity index (χ3v) is 2.78. The summed E-state index contributed by atoms with van der Waals surface area (Å²) in [5.41, 5.74) is 0.952. The number of aliphatic carboxylic acids is 1. The summed E-state index contributed by atoms with van der Waals surface area (Å²) in [6.45, 7) is 9.60. The molecule has 1 N–H and O–H groups in total. The van der Waals surface area contributed by atoms with E-state index in [9.17, 15) is 4.79 Å². The van der Waals surface area contributed by atoms with Crippen molar-refractivity contribution in [1.29, 1.82) is 0 Å². The zero-order chi connectivity index (χ0) is 15.8. The third kappa shape index (κ3) is 7.02. The van der Waals surface area contributed by atoms with Crippen LogP contribution >= 0.6 is 0 Å². The number of ether oxygens (including phenoxy) is 2. The van der Waals surface area contributed by atoms with Crippen molar-refractivity contribution in [2.24, 2.45) is 11.8 Å². The summed E-state index contributed by atoms with van der Waals surface area (Å²) in [6, 6.07) is 5.66. The van der Waals surface area contributed by atoms with Gasteiger partial charge in [0.25, 0.3) is 0 Å². The molecule has 0 spiro atoms. The second-order valence-electron chi connectivity index (χ2n) is 6.08. The van der Waals surface area contributed by atoms with E-state index < -0.39 is 5.97 Å². The second kappa shape index (κ2) is 8.55. The summed E-state index contributed by atoms with van der Waals surface area (Å²) < 4.78 is 11.6. The monoisotopic (exact) mass is 294 g/mol. The highest BCUT2D eigenvalue weighted by molar-refractivity contribution is 5.67. The van der Waals surface area contributed by atoms with Crippen LogP contribution < -0.4 is 9.47 Å². The van der Waals surface area contributed by atoms with Crippen LogP contribution in [0.1, 0.15) is 39.7 Å². The van der Waals surface area contributed by atoms with Crippen molar-refractivity contribution >= 4 is 5.97 Å². The summed E-state index contributed by atoms with van der Waals surface area (Å²) in [6.07, 6.45) is 0.619. The van der Waals surface area contributed by atoms with Gasteiger partial charge in [0.05, 0.1) is 13.2 Å². The molecular weight excluding hydrogens is 268 g/mol. The molecule has 0 aliphatic heterocycles. The van der Waals surface area contributed by atoms with Gasteiger partial charge in [-0.3, -0.25) is 4.79 Å². The van der Waals surface area contributed by atoms with Crippen LogP contribution in [0.25, 0.3) is 0 Å². The van der Waals surface area contributed by atoms with Crippen LogP contribution in [0.2, 0.25) is 0 Å². The predicted octanol–water partition coefficient (Wildman–Crippen LogP) is 3.77. The van der Waals surface area contributed by atoms with Crippen LogP contribution in [0, 0.1) is 11.8 Å². The molecular formula is C17H26O4. The molecule has 0 atom stereocenters. The van der Waals surface area contributed by atoms with E-state index in [4.69, 9.17) is 14.6 Å². The molecule has 1 rings (SSSR count). The average Bonchev–Trinajstić information content (AvgIpc) is 2.41.